The first-order chi connectivity index (χ1) is 11.3. The molecule has 120 valence electrons. The molecule has 0 unspecified atom stereocenters. The molecule has 0 saturated heterocycles. The van der Waals surface area contributed by atoms with Crippen LogP contribution in [0.15, 0.2) is 36.4 Å². The van der Waals surface area contributed by atoms with Crippen LogP contribution in [0.25, 0.3) is 10.2 Å². The van der Waals surface area contributed by atoms with Crippen LogP contribution in [-0.4, -0.2) is 26.3 Å². The van der Waals surface area contributed by atoms with E-state index in [9.17, 15) is 0 Å². The second-order valence-corrected chi connectivity index (χ2v) is 5.86. The van der Waals surface area contributed by atoms with Gasteiger partial charge in [-0.25, -0.2) is 4.98 Å². The monoisotopic (exact) mass is 330 g/mol. The third-order valence-corrected chi connectivity index (χ3v) is 4.50. The Bertz CT molecular complexity index is 784. The SMILES string of the molecule is COc1ccc(CNc2nc3ccccc3s2)c(OC)c1OC. The standard InChI is InChI=1S/C17H18N2O3S/c1-20-13-9-8-11(15(21-2)16(13)22-3)10-18-17-19-12-6-4-5-7-14(12)23-17/h4-9H,10H2,1-3H3,(H,18,19). The topological polar surface area (TPSA) is 52.6 Å². The van der Waals surface area contributed by atoms with E-state index < -0.39 is 0 Å². The van der Waals surface area contributed by atoms with Gasteiger partial charge in [0, 0.05) is 12.1 Å². The summed E-state index contributed by atoms with van der Waals surface area (Å²) in [6.45, 7) is 0.587. The predicted molar refractivity (Wildman–Crippen MR) is 93.0 cm³/mol. The number of rotatable bonds is 6. The van der Waals surface area contributed by atoms with Crippen LogP contribution in [0.3, 0.4) is 0 Å². The smallest absolute Gasteiger partial charge is 0.203 e. The zero-order valence-electron chi connectivity index (χ0n) is 13.3. The first-order valence-electron chi connectivity index (χ1n) is 7.14. The lowest BCUT2D eigenvalue weighted by Gasteiger charge is -2.15. The lowest BCUT2D eigenvalue weighted by Crippen LogP contribution is -2.04. The highest BCUT2D eigenvalue weighted by Gasteiger charge is 2.15. The molecular weight excluding hydrogens is 312 g/mol. The van der Waals surface area contributed by atoms with E-state index in [1.807, 2.05) is 30.3 Å². The number of hydrogen-bond acceptors (Lipinski definition) is 6. The second-order valence-electron chi connectivity index (χ2n) is 4.83. The van der Waals surface area contributed by atoms with Crippen LogP contribution in [0.2, 0.25) is 0 Å². The van der Waals surface area contributed by atoms with Crippen molar-refractivity contribution in [2.75, 3.05) is 26.6 Å². The van der Waals surface area contributed by atoms with E-state index in [0.29, 0.717) is 23.8 Å². The van der Waals surface area contributed by atoms with Gasteiger partial charge in [0.2, 0.25) is 5.75 Å². The maximum absolute atomic E-state index is 5.50. The summed E-state index contributed by atoms with van der Waals surface area (Å²) in [5, 5.41) is 4.22. The average Bonchev–Trinajstić information content (AvgIpc) is 3.01. The van der Waals surface area contributed by atoms with Gasteiger partial charge in [0.15, 0.2) is 16.6 Å². The lowest BCUT2D eigenvalue weighted by molar-refractivity contribution is 0.322. The second kappa shape index (κ2) is 6.75. The quantitative estimate of drug-likeness (QED) is 0.742. The van der Waals surface area contributed by atoms with Gasteiger partial charge in [-0.1, -0.05) is 23.5 Å². The summed E-state index contributed by atoms with van der Waals surface area (Å²) in [5.74, 6) is 1.91. The van der Waals surface area contributed by atoms with Crippen molar-refractivity contribution in [1.82, 2.24) is 4.98 Å². The third kappa shape index (κ3) is 3.03. The highest BCUT2D eigenvalue weighted by Crippen LogP contribution is 2.40. The van der Waals surface area contributed by atoms with Gasteiger partial charge in [-0.05, 0) is 24.3 Å². The molecule has 1 N–H and O–H groups in total. The van der Waals surface area contributed by atoms with E-state index in [1.165, 1.54) is 0 Å². The fourth-order valence-corrected chi connectivity index (χ4v) is 3.28. The Morgan fingerprint density at radius 3 is 2.43 bits per heavy atom. The van der Waals surface area contributed by atoms with Crippen LogP contribution in [0, 0.1) is 0 Å². The maximum atomic E-state index is 5.50. The fourth-order valence-electron chi connectivity index (χ4n) is 2.42. The summed E-state index contributed by atoms with van der Waals surface area (Å²) < 4.78 is 17.4. The van der Waals surface area contributed by atoms with Gasteiger partial charge in [0.1, 0.15) is 0 Å². The molecule has 0 fully saturated rings. The first-order valence-corrected chi connectivity index (χ1v) is 7.95. The van der Waals surface area contributed by atoms with Crippen molar-refractivity contribution in [2.24, 2.45) is 0 Å². The number of anilines is 1. The summed E-state index contributed by atoms with van der Waals surface area (Å²) in [6, 6.07) is 11.9. The molecule has 0 aliphatic carbocycles. The largest absolute Gasteiger partial charge is 0.493 e. The molecule has 3 rings (SSSR count). The van der Waals surface area contributed by atoms with Crippen LogP contribution in [-0.2, 0) is 6.54 Å². The number of benzene rings is 2. The fraction of sp³-hybridized carbons (Fsp3) is 0.235. The van der Waals surface area contributed by atoms with Crippen molar-refractivity contribution in [2.45, 2.75) is 6.54 Å². The molecule has 0 atom stereocenters. The number of methoxy groups -OCH3 is 3. The molecule has 6 heteroatoms. The van der Waals surface area contributed by atoms with Gasteiger partial charge in [0.25, 0.3) is 0 Å². The van der Waals surface area contributed by atoms with Gasteiger partial charge in [-0.15, -0.1) is 0 Å². The summed E-state index contributed by atoms with van der Waals surface area (Å²) in [4.78, 5) is 4.57. The Morgan fingerprint density at radius 1 is 0.957 bits per heavy atom. The molecule has 0 spiro atoms. The van der Waals surface area contributed by atoms with Crippen molar-refractivity contribution in [3.8, 4) is 17.2 Å². The van der Waals surface area contributed by atoms with E-state index in [4.69, 9.17) is 14.2 Å². The first kappa shape index (κ1) is 15.4. The molecule has 2 aromatic carbocycles. The molecule has 0 saturated carbocycles. The summed E-state index contributed by atoms with van der Waals surface area (Å²) >= 11 is 1.63. The van der Waals surface area contributed by atoms with Crippen LogP contribution in [0.1, 0.15) is 5.56 Å². The minimum absolute atomic E-state index is 0.587. The summed E-state index contributed by atoms with van der Waals surface area (Å²) in [5.41, 5.74) is 1.98. The van der Waals surface area contributed by atoms with Gasteiger partial charge in [-0.2, -0.15) is 0 Å². The van der Waals surface area contributed by atoms with Gasteiger partial charge >= 0.3 is 0 Å². The zero-order chi connectivity index (χ0) is 16.2. The number of nitrogens with one attached hydrogen (secondary N) is 1. The van der Waals surface area contributed by atoms with Crippen LogP contribution >= 0.6 is 11.3 Å². The normalized spacial score (nSPS) is 10.6. The summed E-state index contributed by atoms with van der Waals surface area (Å²) in [7, 11) is 4.83. The minimum atomic E-state index is 0.587. The van der Waals surface area contributed by atoms with Gasteiger partial charge < -0.3 is 19.5 Å². The van der Waals surface area contributed by atoms with Crippen molar-refractivity contribution in [3.63, 3.8) is 0 Å². The van der Waals surface area contributed by atoms with E-state index >= 15 is 0 Å². The maximum Gasteiger partial charge on any atom is 0.203 e. The highest BCUT2D eigenvalue weighted by atomic mass is 32.1. The number of ether oxygens (including phenoxy) is 3. The lowest BCUT2D eigenvalue weighted by atomic mass is 10.1. The van der Waals surface area contributed by atoms with Crippen molar-refractivity contribution < 1.29 is 14.2 Å². The third-order valence-electron chi connectivity index (χ3n) is 3.51. The Hall–Kier alpha value is -2.47. The number of nitrogens with zero attached hydrogens (tertiary/aromatic N) is 1. The minimum Gasteiger partial charge on any atom is -0.493 e. The number of hydrogen-bond donors (Lipinski definition) is 1. The van der Waals surface area contributed by atoms with E-state index in [2.05, 4.69) is 16.4 Å². The summed E-state index contributed by atoms with van der Waals surface area (Å²) in [6.07, 6.45) is 0. The molecular formula is C17H18N2O3S. The molecule has 1 heterocycles. The Balaban J connectivity index is 1.84. The molecule has 0 radical (unpaired) electrons. The van der Waals surface area contributed by atoms with E-state index in [0.717, 1.165) is 20.9 Å². The number of para-hydroxylation sites is 1. The van der Waals surface area contributed by atoms with Crippen LogP contribution in [0.5, 0.6) is 17.2 Å². The van der Waals surface area contributed by atoms with Crippen molar-refractivity contribution in [1.29, 1.82) is 0 Å². The van der Waals surface area contributed by atoms with Crippen molar-refractivity contribution >= 4 is 26.7 Å². The molecule has 0 amide bonds. The van der Waals surface area contributed by atoms with Gasteiger partial charge in [0.05, 0.1) is 31.5 Å². The number of thiazole rings is 1. The molecule has 0 aliphatic rings. The van der Waals surface area contributed by atoms with E-state index in [1.54, 1.807) is 32.7 Å². The van der Waals surface area contributed by atoms with Crippen LogP contribution in [0.4, 0.5) is 5.13 Å². The Morgan fingerprint density at radius 2 is 1.74 bits per heavy atom. The van der Waals surface area contributed by atoms with E-state index in [-0.39, 0.29) is 0 Å². The zero-order valence-corrected chi connectivity index (χ0v) is 14.1. The molecule has 5 nitrogen and oxygen atoms in total. The molecule has 3 aromatic rings. The number of fused-ring (bicyclic) bond motifs is 1. The molecule has 1 aromatic heterocycles. The average molecular weight is 330 g/mol. The van der Waals surface area contributed by atoms with Crippen molar-refractivity contribution in [3.05, 3.63) is 42.0 Å². The predicted octanol–water partition coefficient (Wildman–Crippen LogP) is 3.93. The molecule has 23 heavy (non-hydrogen) atoms. The van der Waals surface area contributed by atoms with Gasteiger partial charge in [-0.3, -0.25) is 0 Å². The number of aromatic nitrogens is 1. The Kier molecular flexibility index (Phi) is 4.52. The molecule has 0 aliphatic heterocycles. The molecule has 0 bridgehead atoms. The highest BCUT2D eigenvalue weighted by molar-refractivity contribution is 7.22. The Labute approximate surface area is 138 Å². The van der Waals surface area contributed by atoms with Crippen LogP contribution < -0.4 is 19.5 Å².